The zero-order valence-corrected chi connectivity index (χ0v) is 16.5. The van der Waals surface area contributed by atoms with Crippen LogP contribution >= 0.6 is 22.7 Å². The van der Waals surface area contributed by atoms with Crippen LogP contribution in [0.3, 0.4) is 0 Å². The molecule has 128 valence electrons. The minimum Gasteiger partial charge on any atom is -0.142 e. The molecule has 27 heavy (non-hydrogen) atoms. The fraction of sp³-hybridized carbons (Fsp3) is 0.0400. The Morgan fingerprint density at radius 3 is 2.37 bits per heavy atom. The van der Waals surface area contributed by atoms with Crippen LogP contribution in [0, 0.1) is 6.92 Å². The first kappa shape index (κ1) is 15.4. The van der Waals surface area contributed by atoms with Gasteiger partial charge in [0.1, 0.15) is 0 Å². The Morgan fingerprint density at radius 2 is 1.56 bits per heavy atom. The van der Waals surface area contributed by atoms with Crippen molar-refractivity contribution < 1.29 is 0 Å². The zero-order chi connectivity index (χ0) is 18.0. The first-order valence-electron chi connectivity index (χ1n) is 9.11. The minimum absolute atomic E-state index is 1.25. The third kappa shape index (κ3) is 2.21. The van der Waals surface area contributed by atoms with Crippen molar-refractivity contribution in [2.45, 2.75) is 6.92 Å². The summed E-state index contributed by atoms with van der Waals surface area (Å²) in [5.74, 6) is 0. The molecular weight excluding hydrogens is 364 g/mol. The number of rotatable bonds is 2. The van der Waals surface area contributed by atoms with Gasteiger partial charge < -0.3 is 0 Å². The van der Waals surface area contributed by atoms with Crippen LogP contribution in [0.4, 0.5) is 0 Å². The van der Waals surface area contributed by atoms with Gasteiger partial charge in [0.25, 0.3) is 0 Å². The molecule has 0 nitrogen and oxygen atoms in total. The lowest BCUT2D eigenvalue weighted by Gasteiger charge is -2.01. The summed E-state index contributed by atoms with van der Waals surface area (Å²) in [6.07, 6.45) is 4.49. The van der Waals surface area contributed by atoms with Crippen LogP contribution in [0.15, 0.2) is 66.0 Å². The van der Waals surface area contributed by atoms with Gasteiger partial charge in [0.2, 0.25) is 0 Å². The summed E-state index contributed by atoms with van der Waals surface area (Å²) in [5.41, 5.74) is 8.13. The molecule has 0 spiro atoms. The number of benzene rings is 3. The van der Waals surface area contributed by atoms with Crippen LogP contribution in [0.25, 0.3) is 53.9 Å². The topological polar surface area (TPSA) is 0 Å². The molecule has 5 aromatic rings. The van der Waals surface area contributed by atoms with Crippen LogP contribution in [0.2, 0.25) is 0 Å². The van der Waals surface area contributed by atoms with Crippen LogP contribution in [0.5, 0.6) is 0 Å². The van der Waals surface area contributed by atoms with E-state index in [-0.39, 0.29) is 0 Å². The maximum absolute atomic E-state index is 2.30. The van der Waals surface area contributed by atoms with Crippen LogP contribution in [-0.2, 0) is 0 Å². The Hall–Kier alpha value is -2.68. The number of hydrogen-bond acceptors (Lipinski definition) is 2. The van der Waals surface area contributed by atoms with Gasteiger partial charge in [0.15, 0.2) is 0 Å². The quantitative estimate of drug-likeness (QED) is 0.284. The second kappa shape index (κ2) is 5.66. The molecule has 0 radical (unpaired) electrons. The van der Waals surface area contributed by atoms with Crippen molar-refractivity contribution in [1.82, 2.24) is 0 Å². The highest BCUT2D eigenvalue weighted by molar-refractivity contribution is 7.30. The van der Waals surface area contributed by atoms with Gasteiger partial charge in [-0.25, -0.2) is 0 Å². The van der Waals surface area contributed by atoms with Gasteiger partial charge in [0, 0.05) is 26.9 Å². The van der Waals surface area contributed by atoms with Crippen LogP contribution < -0.4 is 0 Å². The van der Waals surface area contributed by atoms with Crippen molar-refractivity contribution in [1.29, 1.82) is 0 Å². The number of aryl methyl sites for hydroxylation is 1. The van der Waals surface area contributed by atoms with E-state index in [0.717, 1.165) is 0 Å². The monoisotopic (exact) mass is 380 g/mol. The van der Waals surface area contributed by atoms with Crippen molar-refractivity contribution in [3.63, 3.8) is 0 Å². The van der Waals surface area contributed by atoms with Crippen LogP contribution in [-0.4, -0.2) is 0 Å². The average molecular weight is 381 g/mol. The summed E-state index contributed by atoms with van der Waals surface area (Å²) in [5, 5.41) is 5.07. The smallest absolute Gasteiger partial charge is 0.0542 e. The molecule has 0 saturated heterocycles. The summed E-state index contributed by atoms with van der Waals surface area (Å²) in [6, 6.07) is 22.1. The van der Waals surface area contributed by atoms with E-state index in [1.54, 1.807) is 0 Å². The molecule has 2 heteroatoms. The van der Waals surface area contributed by atoms with Crippen molar-refractivity contribution in [2.24, 2.45) is 0 Å². The Kier molecular flexibility index (Phi) is 3.22. The molecule has 0 amide bonds. The van der Waals surface area contributed by atoms with Gasteiger partial charge in [-0.1, -0.05) is 78.4 Å². The summed E-state index contributed by atoms with van der Waals surface area (Å²) in [6.45, 7) is 2.13. The highest BCUT2D eigenvalue weighted by atomic mass is 32.1. The molecule has 0 fully saturated rings. The Balaban J connectivity index is 1.52. The summed E-state index contributed by atoms with van der Waals surface area (Å²) in [4.78, 5) is 1.44. The van der Waals surface area contributed by atoms with Gasteiger partial charge >= 0.3 is 0 Å². The minimum atomic E-state index is 1.25. The fourth-order valence-corrected chi connectivity index (χ4v) is 6.69. The molecule has 6 rings (SSSR count). The molecule has 2 heterocycles. The Morgan fingerprint density at radius 1 is 0.778 bits per heavy atom. The first-order valence-corrected chi connectivity index (χ1v) is 10.8. The van der Waals surface area contributed by atoms with E-state index >= 15 is 0 Å². The molecule has 2 aromatic heterocycles. The molecule has 3 aromatic carbocycles. The lowest BCUT2D eigenvalue weighted by atomic mass is 10.0. The second-order valence-corrected chi connectivity index (χ2v) is 9.01. The third-order valence-electron chi connectivity index (χ3n) is 5.38. The summed E-state index contributed by atoms with van der Waals surface area (Å²) < 4.78 is 2.85. The van der Waals surface area contributed by atoms with Crippen molar-refractivity contribution in [3.8, 4) is 21.6 Å². The standard InChI is InChI=1S/C25H16S2/c1-15-8-10-16(11-9-15)12-13-18-14-26-25-22-19-6-2-4-17-5-3-7-20(21(17)19)24(22)27-23(18)25/h2-14H,1H3. The molecule has 0 saturated carbocycles. The fourth-order valence-electron chi connectivity index (χ4n) is 4.05. The molecule has 1 aliphatic carbocycles. The van der Waals surface area contributed by atoms with Crippen molar-refractivity contribution in [3.05, 3.63) is 82.7 Å². The molecule has 0 aliphatic heterocycles. The van der Waals surface area contributed by atoms with E-state index in [1.165, 1.54) is 58.4 Å². The predicted octanol–water partition coefficient (Wildman–Crippen LogP) is 8.24. The van der Waals surface area contributed by atoms with E-state index in [4.69, 9.17) is 0 Å². The molecule has 1 aliphatic rings. The van der Waals surface area contributed by atoms with Crippen molar-refractivity contribution in [2.75, 3.05) is 0 Å². The highest BCUT2D eigenvalue weighted by Gasteiger charge is 2.27. The third-order valence-corrected chi connectivity index (χ3v) is 7.80. The lowest BCUT2D eigenvalue weighted by Crippen LogP contribution is -1.75. The zero-order valence-electron chi connectivity index (χ0n) is 14.8. The van der Waals surface area contributed by atoms with E-state index in [1.807, 2.05) is 22.7 Å². The second-order valence-electron chi connectivity index (χ2n) is 7.11. The Bertz CT molecular complexity index is 1360. The van der Waals surface area contributed by atoms with E-state index in [2.05, 4.69) is 85.1 Å². The molecular formula is C25H16S2. The van der Waals surface area contributed by atoms with Crippen LogP contribution in [0.1, 0.15) is 16.7 Å². The lowest BCUT2D eigenvalue weighted by molar-refractivity contribution is 1.46. The van der Waals surface area contributed by atoms with E-state index in [0.29, 0.717) is 0 Å². The summed E-state index contributed by atoms with van der Waals surface area (Å²) >= 11 is 3.82. The van der Waals surface area contributed by atoms with Crippen molar-refractivity contribution >= 4 is 55.0 Å². The van der Waals surface area contributed by atoms with Gasteiger partial charge in [-0.05, 0) is 28.8 Å². The SMILES string of the molecule is Cc1ccc(C=Cc2csc3c4c(sc23)-c2cccc3cccc-4c23)cc1. The molecule has 0 atom stereocenters. The predicted molar refractivity (Wildman–Crippen MR) is 122 cm³/mol. The van der Waals surface area contributed by atoms with Gasteiger partial charge in [0.05, 0.1) is 9.40 Å². The average Bonchev–Trinajstić information content (AvgIpc) is 3.34. The molecule has 0 unspecified atom stereocenters. The molecule has 0 N–H and O–H groups in total. The van der Waals surface area contributed by atoms with Gasteiger partial charge in [-0.2, -0.15) is 0 Å². The van der Waals surface area contributed by atoms with Gasteiger partial charge in [-0.15, -0.1) is 22.7 Å². The van der Waals surface area contributed by atoms with Gasteiger partial charge in [-0.3, -0.25) is 0 Å². The Labute approximate surface area is 166 Å². The number of thiophene rings is 2. The van der Waals surface area contributed by atoms with E-state index < -0.39 is 0 Å². The maximum atomic E-state index is 2.30. The normalized spacial score (nSPS) is 12.5. The molecule has 0 bridgehead atoms. The van der Waals surface area contributed by atoms with E-state index in [9.17, 15) is 0 Å². The first-order chi connectivity index (χ1) is 13.3. The maximum Gasteiger partial charge on any atom is 0.0542 e. The number of fused-ring (bicyclic) bond motifs is 5. The summed E-state index contributed by atoms with van der Waals surface area (Å²) in [7, 11) is 0. The highest BCUT2D eigenvalue weighted by Crippen LogP contribution is 2.56. The number of hydrogen-bond donors (Lipinski definition) is 0. The largest absolute Gasteiger partial charge is 0.142 e.